The van der Waals surface area contributed by atoms with Gasteiger partial charge in [-0.1, -0.05) is 31.2 Å². The van der Waals surface area contributed by atoms with Gasteiger partial charge in [0.1, 0.15) is 5.37 Å². The lowest BCUT2D eigenvalue weighted by molar-refractivity contribution is -0.128. The lowest BCUT2D eigenvalue weighted by Gasteiger charge is -2.24. The molecule has 0 N–H and O–H groups in total. The van der Waals surface area contributed by atoms with Crippen molar-refractivity contribution in [2.24, 2.45) is 0 Å². The van der Waals surface area contributed by atoms with Crippen LogP contribution >= 0.6 is 23.5 Å². The van der Waals surface area contributed by atoms with E-state index in [0.717, 1.165) is 25.1 Å². The Morgan fingerprint density at radius 2 is 2.11 bits per heavy atom. The summed E-state index contributed by atoms with van der Waals surface area (Å²) in [6.07, 6.45) is 4.26. The molecule has 104 valence electrons. The van der Waals surface area contributed by atoms with Crippen molar-refractivity contribution in [1.82, 2.24) is 4.90 Å². The minimum absolute atomic E-state index is 0.222. The molecule has 1 atom stereocenters. The van der Waals surface area contributed by atoms with E-state index in [0.29, 0.717) is 5.75 Å². The predicted octanol–water partition coefficient (Wildman–Crippen LogP) is 3.58. The van der Waals surface area contributed by atoms with Gasteiger partial charge in [-0.25, -0.2) is 0 Å². The van der Waals surface area contributed by atoms with Crippen LogP contribution < -0.4 is 0 Å². The second-order valence-electron chi connectivity index (χ2n) is 4.69. The van der Waals surface area contributed by atoms with E-state index in [4.69, 9.17) is 0 Å². The second kappa shape index (κ2) is 7.25. The first kappa shape index (κ1) is 14.8. The van der Waals surface area contributed by atoms with Crippen molar-refractivity contribution >= 4 is 29.4 Å². The molecule has 1 amide bonds. The van der Waals surface area contributed by atoms with Crippen molar-refractivity contribution in [3.05, 3.63) is 35.4 Å². The number of aryl methyl sites for hydroxylation is 1. The van der Waals surface area contributed by atoms with Gasteiger partial charge in [-0.3, -0.25) is 4.79 Å². The topological polar surface area (TPSA) is 20.3 Å². The summed E-state index contributed by atoms with van der Waals surface area (Å²) in [5, 5.41) is 0.222. The predicted molar refractivity (Wildman–Crippen MR) is 85.7 cm³/mol. The van der Waals surface area contributed by atoms with Crippen molar-refractivity contribution in [1.29, 1.82) is 0 Å². The molecule has 0 aromatic heterocycles. The van der Waals surface area contributed by atoms with Crippen LogP contribution in [0.25, 0.3) is 0 Å². The van der Waals surface area contributed by atoms with Crippen molar-refractivity contribution in [3.63, 3.8) is 0 Å². The Morgan fingerprint density at radius 1 is 1.37 bits per heavy atom. The van der Waals surface area contributed by atoms with Gasteiger partial charge in [-0.05, 0) is 36.0 Å². The average Bonchev–Trinajstić information content (AvgIpc) is 2.81. The van der Waals surface area contributed by atoms with Crippen LogP contribution in [0.3, 0.4) is 0 Å². The number of nitrogens with zero attached hydrogens (tertiary/aromatic N) is 1. The molecule has 0 aliphatic carbocycles. The summed E-state index contributed by atoms with van der Waals surface area (Å²) in [6, 6.07) is 8.71. The Balaban J connectivity index is 2.05. The molecule has 4 heteroatoms. The molecule has 1 fully saturated rings. The largest absolute Gasteiger partial charge is 0.326 e. The van der Waals surface area contributed by atoms with Crippen molar-refractivity contribution in [3.8, 4) is 0 Å². The van der Waals surface area contributed by atoms with Gasteiger partial charge in [-0.2, -0.15) is 11.8 Å². The molecule has 0 bridgehead atoms. The average molecular weight is 295 g/mol. The summed E-state index contributed by atoms with van der Waals surface area (Å²) in [5.41, 5.74) is 2.62. The van der Waals surface area contributed by atoms with E-state index in [1.807, 2.05) is 16.7 Å². The van der Waals surface area contributed by atoms with Crippen LogP contribution in [-0.4, -0.2) is 35.1 Å². The minimum atomic E-state index is 0.222. The zero-order valence-corrected chi connectivity index (χ0v) is 13.2. The van der Waals surface area contributed by atoms with E-state index < -0.39 is 0 Å². The lowest BCUT2D eigenvalue weighted by Crippen LogP contribution is -2.29. The minimum Gasteiger partial charge on any atom is -0.326 e. The van der Waals surface area contributed by atoms with Crippen molar-refractivity contribution < 1.29 is 4.79 Å². The van der Waals surface area contributed by atoms with E-state index in [1.165, 1.54) is 11.1 Å². The molecule has 2 rings (SSSR count). The van der Waals surface area contributed by atoms with Crippen LogP contribution in [0, 0.1) is 0 Å². The third-order valence-corrected chi connectivity index (χ3v) is 5.34. The molecular weight excluding hydrogens is 274 g/mol. The van der Waals surface area contributed by atoms with Crippen LogP contribution in [0.2, 0.25) is 0 Å². The van der Waals surface area contributed by atoms with Gasteiger partial charge in [0, 0.05) is 6.54 Å². The van der Waals surface area contributed by atoms with E-state index in [2.05, 4.69) is 37.4 Å². The molecule has 1 unspecified atom stereocenters. The standard InChI is InChI=1S/C15H21NOS2/c1-3-12-5-7-13(8-6-12)15-16(9-4-10-18-2)14(17)11-19-15/h5-8,15H,3-4,9-11H2,1-2H3. The van der Waals surface area contributed by atoms with Gasteiger partial charge in [0.2, 0.25) is 5.91 Å². The highest BCUT2D eigenvalue weighted by Gasteiger charge is 2.32. The monoisotopic (exact) mass is 295 g/mol. The first-order chi connectivity index (χ1) is 9.26. The first-order valence-corrected chi connectivity index (χ1v) is 9.19. The summed E-state index contributed by atoms with van der Waals surface area (Å²) in [5.74, 6) is 2.03. The molecule has 2 nitrogen and oxygen atoms in total. The highest BCUT2D eigenvalue weighted by atomic mass is 32.2. The lowest BCUT2D eigenvalue weighted by atomic mass is 10.1. The summed E-state index contributed by atoms with van der Waals surface area (Å²) in [6.45, 7) is 3.05. The van der Waals surface area contributed by atoms with Crippen LogP contribution in [-0.2, 0) is 11.2 Å². The third kappa shape index (κ3) is 3.69. The number of benzene rings is 1. The van der Waals surface area contributed by atoms with E-state index in [9.17, 15) is 4.79 Å². The summed E-state index contributed by atoms with van der Waals surface area (Å²) < 4.78 is 0. The number of thioether (sulfide) groups is 2. The van der Waals surface area contributed by atoms with E-state index >= 15 is 0 Å². The number of hydrogen-bond donors (Lipinski definition) is 0. The summed E-state index contributed by atoms with van der Waals surface area (Å²) in [4.78, 5) is 14.0. The maximum absolute atomic E-state index is 12.0. The molecular formula is C15H21NOS2. The maximum atomic E-state index is 12.0. The van der Waals surface area contributed by atoms with Gasteiger partial charge in [0.15, 0.2) is 0 Å². The quantitative estimate of drug-likeness (QED) is 0.748. The Hall–Kier alpha value is -0.610. The van der Waals surface area contributed by atoms with Crippen molar-refractivity contribution in [2.45, 2.75) is 25.1 Å². The zero-order valence-electron chi connectivity index (χ0n) is 11.6. The Bertz CT molecular complexity index is 419. The maximum Gasteiger partial charge on any atom is 0.233 e. The smallest absolute Gasteiger partial charge is 0.233 e. The number of rotatable bonds is 6. The number of carbonyl (C=O) groups is 1. The van der Waals surface area contributed by atoms with Crippen LogP contribution in [0.5, 0.6) is 0 Å². The molecule has 0 spiro atoms. The summed E-state index contributed by atoms with van der Waals surface area (Å²) >= 11 is 3.60. The van der Waals surface area contributed by atoms with Gasteiger partial charge < -0.3 is 4.90 Å². The fraction of sp³-hybridized carbons (Fsp3) is 0.533. The second-order valence-corrected chi connectivity index (χ2v) is 6.75. The third-order valence-electron chi connectivity index (χ3n) is 3.39. The zero-order chi connectivity index (χ0) is 13.7. The van der Waals surface area contributed by atoms with Gasteiger partial charge >= 0.3 is 0 Å². The molecule has 1 saturated heterocycles. The number of amides is 1. The highest BCUT2D eigenvalue weighted by molar-refractivity contribution is 8.00. The highest BCUT2D eigenvalue weighted by Crippen LogP contribution is 2.38. The van der Waals surface area contributed by atoms with Crippen LogP contribution in [0.15, 0.2) is 24.3 Å². The van der Waals surface area contributed by atoms with Crippen LogP contribution in [0.4, 0.5) is 0 Å². The molecule has 0 radical (unpaired) electrons. The SMILES string of the molecule is CCc1ccc(C2SCC(=O)N2CCCSC)cc1. The number of carbonyl (C=O) groups excluding carboxylic acids is 1. The fourth-order valence-electron chi connectivity index (χ4n) is 2.27. The molecule has 0 saturated carbocycles. The van der Waals surface area contributed by atoms with E-state index in [1.54, 1.807) is 11.8 Å². The summed E-state index contributed by atoms with van der Waals surface area (Å²) in [7, 11) is 0. The molecule has 1 aromatic carbocycles. The van der Waals surface area contributed by atoms with Gasteiger partial charge in [-0.15, -0.1) is 11.8 Å². The van der Waals surface area contributed by atoms with Crippen molar-refractivity contribution in [2.75, 3.05) is 24.3 Å². The van der Waals surface area contributed by atoms with Crippen LogP contribution in [0.1, 0.15) is 29.8 Å². The molecule has 1 aliphatic heterocycles. The normalized spacial score (nSPS) is 19.2. The molecule has 1 aromatic rings. The molecule has 1 heterocycles. The Kier molecular flexibility index (Phi) is 5.64. The van der Waals surface area contributed by atoms with Gasteiger partial charge in [0.05, 0.1) is 5.75 Å². The Morgan fingerprint density at radius 3 is 2.74 bits per heavy atom. The molecule has 19 heavy (non-hydrogen) atoms. The fourth-order valence-corrected chi connectivity index (χ4v) is 3.91. The number of hydrogen-bond acceptors (Lipinski definition) is 3. The molecule has 1 aliphatic rings. The van der Waals surface area contributed by atoms with Gasteiger partial charge in [0.25, 0.3) is 0 Å². The van der Waals surface area contributed by atoms with E-state index in [-0.39, 0.29) is 11.3 Å². The Labute approximate surface area is 124 Å². The first-order valence-electron chi connectivity index (χ1n) is 6.75.